The van der Waals surface area contributed by atoms with Crippen LogP contribution in [-0.4, -0.2) is 26.6 Å². The second kappa shape index (κ2) is 5.14. The monoisotopic (exact) mass is 306 g/mol. The number of aryl methyl sites for hydroxylation is 1. The average molecular weight is 306 g/mol. The van der Waals surface area contributed by atoms with Crippen molar-refractivity contribution in [2.45, 2.75) is 65.5 Å². The topological polar surface area (TPSA) is 27.7 Å². The lowest BCUT2D eigenvalue weighted by Gasteiger charge is -2.32. The molecule has 0 radical (unpaired) electrons. The van der Waals surface area contributed by atoms with E-state index in [0.717, 1.165) is 11.2 Å². The maximum Gasteiger partial charge on any atom is 0.498 e. The van der Waals surface area contributed by atoms with Gasteiger partial charge >= 0.3 is 7.12 Å². The lowest BCUT2D eigenvalue weighted by atomic mass is 9.77. The summed E-state index contributed by atoms with van der Waals surface area (Å²) in [4.78, 5) is 0. The molecule has 2 rings (SSSR count). The maximum absolute atomic E-state index is 6.22. The molecule has 1 aliphatic rings. The molecule has 0 unspecified atom stereocenters. The summed E-state index contributed by atoms with van der Waals surface area (Å²) in [6.45, 7) is 16.9. The van der Waals surface area contributed by atoms with E-state index in [1.54, 1.807) is 0 Å². The number of benzene rings is 1. The highest BCUT2D eigenvalue weighted by atomic mass is 28.4. The summed E-state index contributed by atoms with van der Waals surface area (Å²) in [5.41, 5.74) is 1.51. The first-order valence-electron chi connectivity index (χ1n) is 7.56. The Morgan fingerprint density at radius 1 is 1.00 bits per heavy atom. The Morgan fingerprint density at radius 3 is 2.00 bits per heavy atom. The predicted molar refractivity (Wildman–Crippen MR) is 90.9 cm³/mol. The number of rotatable bonds is 3. The summed E-state index contributed by atoms with van der Waals surface area (Å²) in [6.07, 6.45) is 0. The van der Waals surface area contributed by atoms with Gasteiger partial charge < -0.3 is 13.7 Å². The molecule has 0 aromatic heterocycles. The van der Waals surface area contributed by atoms with E-state index in [0.29, 0.717) is 0 Å². The highest BCUT2D eigenvalue weighted by Crippen LogP contribution is 2.37. The molecule has 0 aliphatic carbocycles. The summed E-state index contributed by atoms with van der Waals surface area (Å²) in [6, 6.07) is 6.22. The molecule has 116 valence electrons. The minimum Gasteiger partial charge on any atom is -0.545 e. The second-order valence-corrected chi connectivity index (χ2v) is 12.3. The van der Waals surface area contributed by atoms with Crippen LogP contribution in [0.25, 0.3) is 0 Å². The summed E-state index contributed by atoms with van der Waals surface area (Å²) in [5.74, 6) is 0.887. The third kappa shape index (κ3) is 3.52. The van der Waals surface area contributed by atoms with Crippen LogP contribution in [0.2, 0.25) is 19.6 Å². The van der Waals surface area contributed by atoms with Gasteiger partial charge in [-0.3, -0.25) is 0 Å². The van der Waals surface area contributed by atoms with Crippen molar-refractivity contribution in [2.24, 2.45) is 0 Å². The van der Waals surface area contributed by atoms with E-state index in [4.69, 9.17) is 13.7 Å². The van der Waals surface area contributed by atoms with Crippen molar-refractivity contribution in [2.75, 3.05) is 0 Å². The fraction of sp³-hybridized carbons (Fsp3) is 0.625. The quantitative estimate of drug-likeness (QED) is 0.800. The van der Waals surface area contributed by atoms with Crippen LogP contribution in [-0.2, 0) is 9.31 Å². The predicted octanol–water partition coefficient (Wildman–Crippen LogP) is 3.51. The van der Waals surface area contributed by atoms with Gasteiger partial charge in [-0.25, -0.2) is 0 Å². The Labute approximate surface area is 130 Å². The average Bonchev–Trinajstić information content (AvgIpc) is 2.49. The van der Waals surface area contributed by atoms with Crippen LogP contribution in [0.15, 0.2) is 18.2 Å². The van der Waals surface area contributed by atoms with Crippen LogP contribution in [0.1, 0.15) is 33.3 Å². The zero-order chi connectivity index (χ0) is 16.1. The first-order valence-corrected chi connectivity index (χ1v) is 11.0. The normalized spacial score (nSPS) is 20.7. The molecule has 0 amide bonds. The molecule has 1 aromatic carbocycles. The molecule has 0 bridgehead atoms. The van der Waals surface area contributed by atoms with E-state index in [2.05, 4.69) is 66.4 Å². The van der Waals surface area contributed by atoms with Gasteiger partial charge in [-0.2, -0.15) is 0 Å². The van der Waals surface area contributed by atoms with Crippen molar-refractivity contribution in [3.05, 3.63) is 23.8 Å². The van der Waals surface area contributed by atoms with Crippen molar-refractivity contribution in [3.8, 4) is 5.75 Å². The van der Waals surface area contributed by atoms with Crippen molar-refractivity contribution in [3.63, 3.8) is 0 Å². The Kier molecular flexibility index (Phi) is 4.06. The number of hydrogen-bond donors (Lipinski definition) is 0. The van der Waals surface area contributed by atoms with Gasteiger partial charge in [0.15, 0.2) is 0 Å². The van der Waals surface area contributed by atoms with Crippen LogP contribution in [0, 0.1) is 6.92 Å². The van der Waals surface area contributed by atoms with Gasteiger partial charge in [0.25, 0.3) is 0 Å². The van der Waals surface area contributed by atoms with Gasteiger partial charge in [-0.15, -0.1) is 0 Å². The van der Waals surface area contributed by atoms with Crippen LogP contribution >= 0.6 is 0 Å². The lowest BCUT2D eigenvalue weighted by Crippen LogP contribution is -2.41. The molecular weight excluding hydrogens is 279 g/mol. The molecule has 1 aliphatic heterocycles. The van der Waals surface area contributed by atoms with Gasteiger partial charge in [0.1, 0.15) is 5.75 Å². The van der Waals surface area contributed by atoms with Gasteiger partial charge in [0, 0.05) is 5.46 Å². The maximum atomic E-state index is 6.22. The molecule has 0 saturated carbocycles. The lowest BCUT2D eigenvalue weighted by molar-refractivity contribution is 0.00578. The first-order chi connectivity index (χ1) is 9.41. The Hall–Kier alpha value is -0.778. The van der Waals surface area contributed by atoms with E-state index >= 15 is 0 Å². The highest BCUT2D eigenvalue weighted by Gasteiger charge is 2.52. The van der Waals surface area contributed by atoms with Crippen LogP contribution in [0.5, 0.6) is 5.75 Å². The van der Waals surface area contributed by atoms with Crippen molar-refractivity contribution in [1.82, 2.24) is 0 Å². The number of hydrogen-bond acceptors (Lipinski definition) is 3. The van der Waals surface area contributed by atoms with E-state index in [9.17, 15) is 0 Å². The molecule has 1 fully saturated rings. The minimum atomic E-state index is -1.68. The molecule has 0 atom stereocenters. The fourth-order valence-electron chi connectivity index (χ4n) is 2.24. The molecular formula is C16H27BO3Si. The van der Waals surface area contributed by atoms with Gasteiger partial charge in [0.05, 0.1) is 11.2 Å². The molecule has 0 N–H and O–H groups in total. The summed E-state index contributed by atoms with van der Waals surface area (Å²) < 4.78 is 18.6. The van der Waals surface area contributed by atoms with Gasteiger partial charge in [-0.05, 0) is 60.3 Å². The Morgan fingerprint density at radius 2 is 1.52 bits per heavy atom. The van der Waals surface area contributed by atoms with Gasteiger partial charge in [-0.1, -0.05) is 17.7 Å². The van der Waals surface area contributed by atoms with Crippen LogP contribution in [0.4, 0.5) is 0 Å². The third-order valence-electron chi connectivity index (χ3n) is 4.09. The van der Waals surface area contributed by atoms with E-state index < -0.39 is 8.32 Å². The Bertz CT molecular complexity index is 519. The minimum absolute atomic E-state index is 0.335. The van der Waals surface area contributed by atoms with Crippen molar-refractivity contribution in [1.29, 1.82) is 0 Å². The van der Waals surface area contributed by atoms with Gasteiger partial charge in [0.2, 0.25) is 8.32 Å². The Balaban J connectivity index is 2.38. The molecule has 1 aromatic rings. The molecule has 0 spiro atoms. The molecule has 3 nitrogen and oxygen atoms in total. The second-order valence-electron chi connectivity index (χ2n) is 7.84. The van der Waals surface area contributed by atoms with Crippen molar-refractivity contribution < 1.29 is 13.7 Å². The third-order valence-corrected chi connectivity index (χ3v) is 4.92. The van der Waals surface area contributed by atoms with E-state index in [1.807, 2.05) is 6.07 Å². The summed E-state index contributed by atoms with van der Waals surface area (Å²) >= 11 is 0. The standard InChI is InChI=1S/C16H27BO3Si/c1-12-9-10-14(18-21(6,7)8)13(11-12)17-19-15(2,3)16(4,5)20-17/h9-11H,1-8H3. The van der Waals surface area contributed by atoms with E-state index in [-0.39, 0.29) is 18.3 Å². The van der Waals surface area contributed by atoms with Crippen LogP contribution in [0.3, 0.4) is 0 Å². The molecule has 1 heterocycles. The van der Waals surface area contributed by atoms with E-state index in [1.165, 1.54) is 5.56 Å². The molecule has 1 saturated heterocycles. The van der Waals surface area contributed by atoms with Crippen molar-refractivity contribution >= 4 is 20.9 Å². The SMILES string of the molecule is Cc1ccc(O[Si](C)(C)C)c(B2OC(C)(C)C(C)(C)O2)c1. The highest BCUT2D eigenvalue weighted by molar-refractivity contribution is 6.71. The zero-order valence-electron chi connectivity index (χ0n) is 14.5. The summed E-state index contributed by atoms with van der Waals surface area (Å²) in [5, 5.41) is 0. The largest absolute Gasteiger partial charge is 0.545 e. The smallest absolute Gasteiger partial charge is 0.498 e. The van der Waals surface area contributed by atoms with Crippen LogP contribution < -0.4 is 9.89 Å². The summed E-state index contributed by atoms with van der Waals surface area (Å²) in [7, 11) is -2.05. The molecule has 21 heavy (non-hydrogen) atoms. The zero-order valence-corrected chi connectivity index (χ0v) is 15.5. The fourth-order valence-corrected chi connectivity index (χ4v) is 3.09. The first kappa shape index (κ1) is 16.6. The molecule has 5 heteroatoms.